The van der Waals surface area contributed by atoms with Crippen LogP contribution in [0.15, 0.2) is 24.4 Å². The number of carbonyl (C=O) groups excluding carboxylic acids is 1. The Kier molecular flexibility index (Phi) is 3.76. The molecule has 1 aromatic carbocycles. The lowest BCUT2D eigenvalue weighted by Crippen LogP contribution is -2.14. The van der Waals surface area contributed by atoms with E-state index < -0.39 is 17.7 Å². The Morgan fingerprint density at radius 1 is 1.40 bits per heavy atom. The van der Waals surface area contributed by atoms with Gasteiger partial charge >= 0.3 is 5.97 Å². The summed E-state index contributed by atoms with van der Waals surface area (Å²) < 4.78 is 13.3. The van der Waals surface area contributed by atoms with Gasteiger partial charge in [-0.1, -0.05) is 17.7 Å². The van der Waals surface area contributed by atoms with Crippen LogP contribution in [0.3, 0.4) is 0 Å². The van der Waals surface area contributed by atoms with Crippen LogP contribution < -0.4 is 5.32 Å². The van der Waals surface area contributed by atoms with E-state index in [1.54, 1.807) is 6.92 Å². The first-order valence-electron chi connectivity index (χ1n) is 5.58. The molecule has 0 saturated heterocycles. The summed E-state index contributed by atoms with van der Waals surface area (Å²) in [6.45, 7) is 1.56. The molecular formula is C13H10ClFN2O3. The van der Waals surface area contributed by atoms with E-state index in [9.17, 15) is 14.0 Å². The van der Waals surface area contributed by atoms with Crippen molar-refractivity contribution in [2.24, 2.45) is 0 Å². The molecular weight excluding hydrogens is 287 g/mol. The maximum atomic E-state index is 13.3. The molecule has 0 spiro atoms. The summed E-state index contributed by atoms with van der Waals surface area (Å²) in [5.41, 5.74) is 0.381. The number of carboxylic acids is 1. The molecule has 0 atom stereocenters. The van der Waals surface area contributed by atoms with Crippen LogP contribution in [0.5, 0.6) is 0 Å². The van der Waals surface area contributed by atoms with Crippen LogP contribution in [-0.2, 0) is 0 Å². The SMILES string of the molecule is Cc1[nH]cc(NC(=O)c2cccc(F)c2Cl)c1C(=O)O. The second-order valence-corrected chi connectivity index (χ2v) is 4.44. The van der Waals surface area contributed by atoms with Gasteiger partial charge in [0.25, 0.3) is 5.91 Å². The molecule has 0 radical (unpaired) electrons. The second kappa shape index (κ2) is 5.34. The predicted molar refractivity (Wildman–Crippen MR) is 71.9 cm³/mol. The highest BCUT2D eigenvalue weighted by molar-refractivity contribution is 6.34. The van der Waals surface area contributed by atoms with Gasteiger partial charge in [0.2, 0.25) is 0 Å². The molecule has 7 heteroatoms. The van der Waals surface area contributed by atoms with E-state index in [2.05, 4.69) is 10.3 Å². The van der Waals surface area contributed by atoms with Gasteiger partial charge in [0.1, 0.15) is 11.4 Å². The average molecular weight is 297 g/mol. The van der Waals surface area contributed by atoms with E-state index in [-0.39, 0.29) is 21.8 Å². The van der Waals surface area contributed by atoms with Crippen LogP contribution in [0.25, 0.3) is 0 Å². The summed E-state index contributed by atoms with van der Waals surface area (Å²) in [4.78, 5) is 25.8. The minimum absolute atomic E-state index is 0.0501. The molecule has 1 amide bonds. The van der Waals surface area contributed by atoms with E-state index >= 15 is 0 Å². The molecule has 0 aliphatic carbocycles. The summed E-state index contributed by atoms with van der Waals surface area (Å²) in [5, 5.41) is 11.1. The Morgan fingerprint density at radius 3 is 2.75 bits per heavy atom. The third-order valence-corrected chi connectivity index (χ3v) is 3.12. The van der Waals surface area contributed by atoms with Crippen molar-refractivity contribution in [1.82, 2.24) is 4.98 Å². The van der Waals surface area contributed by atoms with E-state index in [0.29, 0.717) is 5.69 Å². The van der Waals surface area contributed by atoms with Crippen molar-refractivity contribution in [3.05, 3.63) is 52.1 Å². The van der Waals surface area contributed by atoms with Crippen molar-refractivity contribution in [2.75, 3.05) is 5.32 Å². The Bertz CT molecular complexity index is 697. The van der Waals surface area contributed by atoms with Gasteiger partial charge in [0.05, 0.1) is 16.3 Å². The standard InChI is InChI=1S/C13H10ClFN2O3/c1-6-10(13(19)20)9(5-16-6)17-12(18)7-3-2-4-8(15)11(7)14/h2-5,16H,1H3,(H,17,18)(H,19,20). The number of carboxylic acid groups (broad SMARTS) is 1. The Morgan fingerprint density at radius 2 is 2.10 bits per heavy atom. The van der Waals surface area contributed by atoms with E-state index in [1.165, 1.54) is 18.3 Å². The Hall–Kier alpha value is -2.34. The number of aromatic amines is 1. The fraction of sp³-hybridized carbons (Fsp3) is 0.0769. The summed E-state index contributed by atoms with van der Waals surface area (Å²) in [7, 11) is 0. The zero-order valence-corrected chi connectivity index (χ0v) is 11.1. The maximum absolute atomic E-state index is 13.3. The number of halogens is 2. The fourth-order valence-electron chi connectivity index (χ4n) is 1.77. The normalized spacial score (nSPS) is 10.3. The molecule has 5 nitrogen and oxygen atoms in total. The summed E-state index contributed by atoms with van der Waals surface area (Å²) >= 11 is 5.70. The van der Waals surface area contributed by atoms with Crippen molar-refractivity contribution in [2.45, 2.75) is 6.92 Å². The van der Waals surface area contributed by atoms with Crippen molar-refractivity contribution in [3.8, 4) is 0 Å². The highest BCUT2D eigenvalue weighted by Gasteiger charge is 2.19. The molecule has 0 unspecified atom stereocenters. The molecule has 0 aliphatic heterocycles. The van der Waals surface area contributed by atoms with Crippen molar-refractivity contribution >= 4 is 29.2 Å². The molecule has 0 saturated carbocycles. The van der Waals surface area contributed by atoms with E-state index in [0.717, 1.165) is 6.07 Å². The highest BCUT2D eigenvalue weighted by atomic mass is 35.5. The van der Waals surface area contributed by atoms with Crippen molar-refractivity contribution in [3.63, 3.8) is 0 Å². The monoisotopic (exact) mass is 296 g/mol. The first-order valence-corrected chi connectivity index (χ1v) is 5.96. The largest absolute Gasteiger partial charge is 0.478 e. The lowest BCUT2D eigenvalue weighted by atomic mass is 10.2. The quantitative estimate of drug-likeness (QED) is 0.814. The van der Waals surface area contributed by atoms with E-state index in [1.807, 2.05) is 0 Å². The fourth-order valence-corrected chi connectivity index (χ4v) is 1.98. The first-order chi connectivity index (χ1) is 9.41. The molecule has 2 aromatic rings. The number of H-pyrrole nitrogens is 1. The van der Waals surface area contributed by atoms with Crippen molar-refractivity contribution < 1.29 is 19.1 Å². The number of carbonyl (C=O) groups is 2. The number of aromatic carboxylic acids is 1. The van der Waals surface area contributed by atoms with Gasteiger partial charge < -0.3 is 15.4 Å². The second-order valence-electron chi connectivity index (χ2n) is 4.06. The van der Waals surface area contributed by atoms with Crippen LogP contribution in [0.2, 0.25) is 5.02 Å². The van der Waals surface area contributed by atoms with Crippen LogP contribution >= 0.6 is 11.6 Å². The lowest BCUT2D eigenvalue weighted by molar-refractivity contribution is 0.0697. The van der Waals surface area contributed by atoms with Gasteiger partial charge in [-0.3, -0.25) is 4.79 Å². The molecule has 20 heavy (non-hydrogen) atoms. The van der Waals surface area contributed by atoms with Crippen LogP contribution in [0, 0.1) is 12.7 Å². The molecule has 0 aliphatic rings. The number of amides is 1. The highest BCUT2D eigenvalue weighted by Crippen LogP contribution is 2.23. The van der Waals surface area contributed by atoms with Gasteiger partial charge in [-0.25, -0.2) is 9.18 Å². The molecule has 1 aromatic heterocycles. The predicted octanol–water partition coefficient (Wildman–Crippen LogP) is 3.07. The maximum Gasteiger partial charge on any atom is 0.339 e. The van der Waals surface area contributed by atoms with Gasteiger partial charge in [0.15, 0.2) is 0 Å². The zero-order chi connectivity index (χ0) is 14.9. The number of anilines is 1. The summed E-state index contributed by atoms with van der Waals surface area (Å²) in [6, 6.07) is 3.82. The van der Waals surface area contributed by atoms with Crippen molar-refractivity contribution in [1.29, 1.82) is 0 Å². The molecule has 104 valence electrons. The number of hydrogen-bond donors (Lipinski definition) is 3. The summed E-state index contributed by atoms with van der Waals surface area (Å²) in [5.74, 6) is -2.58. The average Bonchev–Trinajstić information content (AvgIpc) is 2.73. The van der Waals surface area contributed by atoms with E-state index in [4.69, 9.17) is 16.7 Å². The number of hydrogen-bond acceptors (Lipinski definition) is 2. The molecule has 1 heterocycles. The van der Waals surface area contributed by atoms with Gasteiger partial charge in [-0.05, 0) is 19.1 Å². The van der Waals surface area contributed by atoms with Crippen LogP contribution in [0.4, 0.5) is 10.1 Å². The Balaban J connectivity index is 2.33. The summed E-state index contributed by atoms with van der Waals surface area (Å²) in [6.07, 6.45) is 1.35. The number of benzene rings is 1. The molecule has 3 N–H and O–H groups in total. The van der Waals surface area contributed by atoms with Gasteiger partial charge in [-0.15, -0.1) is 0 Å². The zero-order valence-electron chi connectivity index (χ0n) is 10.3. The number of nitrogens with one attached hydrogen (secondary N) is 2. The third-order valence-electron chi connectivity index (χ3n) is 2.74. The topological polar surface area (TPSA) is 82.2 Å². The van der Waals surface area contributed by atoms with Crippen LogP contribution in [-0.4, -0.2) is 22.0 Å². The minimum atomic E-state index is -1.18. The molecule has 0 fully saturated rings. The molecule has 0 bridgehead atoms. The third kappa shape index (κ3) is 2.50. The lowest BCUT2D eigenvalue weighted by Gasteiger charge is -2.07. The number of rotatable bonds is 3. The van der Waals surface area contributed by atoms with Crippen LogP contribution in [0.1, 0.15) is 26.4 Å². The smallest absolute Gasteiger partial charge is 0.339 e. The minimum Gasteiger partial charge on any atom is -0.478 e. The Labute approximate surface area is 118 Å². The van der Waals surface area contributed by atoms with Gasteiger partial charge in [0, 0.05) is 11.9 Å². The first kappa shape index (κ1) is 14.1. The van der Waals surface area contributed by atoms with Gasteiger partial charge in [-0.2, -0.15) is 0 Å². The number of aromatic nitrogens is 1. The number of aryl methyl sites for hydroxylation is 1. The molecule has 2 rings (SSSR count).